The molecule has 1 fully saturated rings. The highest BCUT2D eigenvalue weighted by atomic mass is 16.5. The first-order valence-electron chi connectivity index (χ1n) is 7.16. The maximum atomic E-state index is 12.1. The van der Waals surface area contributed by atoms with E-state index in [1.54, 1.807) is 0 Å². The highest BCUT2D eigenvalue weighted by Crippen LogP contribution is 2.14. The lowest BCUT2D eigenvalue weighted by molar-refractivity contribution is -0.132. The molecule has 106 valence electrons. The summed E-state index contributed by atoms with van der Waals surface area (Å²) in [5, 5.41) is 6.69. The van der Waals surface area contributed by atoms with Gasteiger partial charge in [0.15, 0.2) is 0 Å². The molecule has 19 heavy (non-hydrogen) atoms. The van der Waals surface area contributed by atoms with E-state index in [2.05, 4.69) is 10.2 Å². The highest BCUT2D eigenvalue weighted by Gasteiger charge is 2.21. The van der Waals surface area contributed by atoms with Gasteiger partial charge in [-0.1, -0.05) is 0 Å². The van der Waals surface area contributed by atoms with Gasteiger partial charge in [-0.3, -0.25) is 9.89 Å². The van der Waals surface area contributed by atoms with Crippen LogP contribution in [0.5, 0.6) is 0 Å². The first-order chi connectivity index (χ1) is 9.29. The molecule has 0 aliphatic carbocycles. The molecule has 0 unspecified atom stereocenters. The van der Waals surface area contributed by atoms with E-state index in [4.69, 9.17) is 4.74 Å². The molecule has 2 heterocycles. The second-order valence-corrected chi connectivity index (χ2v) is 5.03. The molecule has 1 N–H and O–H groups in total. The number of aromatic amines is 1. The van der Waals surface area contributed by atoms with Gasteiger partial charge in [0, 0.05) is 32.3 Å². The number of nitrogens with zero attached hydrogens (tertiary/aromatic N) is 2. The summed E-state index contributed by atoms with van der Waals surface area (Å²) < 4.78 is 5.59. The van der Waals surface area contributed by atoms with Crippen molar-refractivity contribution in [2.75, 3.05) is 19.7 Å². The lowest BCUT2D eigenvalue weighted by Gasteiger charge is -2.24. The van der Waals surface area contributed by atoms with Gasteiger partial charge in [-0.2, -0.15) is 5.10 Å². The number of likely N-dealkylation sites (N-methyl/N-ethyl adjacent to an activating group) is 1. The van der Waals surface area contributed by atoms with Gasteiger partial charge in [-0.05, 0) is 38.2 Å². The van der Waals surface area contributed by atoms with Crippen LogP contribution in [0.15, 0.2) is 12.4 Å². The van der Waals surface area contributed by atoms with Gasteiger partial charge >= 0.3 is 0 Å². The zero-order valence-corrected chi connectivity index (χ0v) is 11.6. The molecule has 1 aliphatic rings. The van der Waals surface area contributed by atoms with Gasteiger partial charge < -0.3 is 9.64 Å². The lowest BCUT2D eigenvalue weighted by Crippen LogP contribution is -2.37. The standard InChI is InChI=1S/C14H23N3O2/c1-2-17(11-13-6-4-8-19-13)14(18)7-3-5-12-9-15-16-10-12/h9-10,13H,2-8,11H2,1H3,(H,15,16)/t13-/m1/s1. The molecular formula is C14H23N3O2. The minimum atomic E-state index is 0.237. The zero-order valence-electron chi connectivity index (χ0n) is 11.6. The summed E-state index contributed by atoms with van der Waals surface area (Å²) in [7, 11) is 0. The number of amides is 1. The van der Waals surface area contributed by atoms with Crippen molar-refractivity contribution in [3.63, 3.8) is 0 Å². The van der Waals surface area contributed by atoms with E-state index >= 15 is 0 Å². The minimum Gasteiger partial charge on any atom is -0.376 e. The van der Waals surface area contributed by atoms with Gasteiger partial charge in [0.25, 0.3) is 0 Å². The molecule has 1 aromatic heterocycles. The summed E-state index contributed by atoms with van der Waals surface area (Å²) in [6, 6.07) is 0. The fraction of sp³-hybridized carbons (Fsp3) is 0.714. The number of nitrogens with one attached hydrogen (secondary N) is 1. The van der Waals surface area contributed by atoms with Crippen LogP contribution in [0.3, 0.4) is 0 Å². The van der Waals surface area contributed by atoms with E-state index in [0.717, 1.165) is 50.9 Å². The van der Waals surface area contributed by atoms with Crippen molar-refractivity contribution in [3.8, 4) is 0 Å². The van der Waals surface area contributed by atoms with Crippen LogP contribution < -0.4 is 0 Å². The summed E-state index contributed by atoms with van der Waals surface area (Å²) in [6.45, 7) is 4.39. The second kappa shape index (κ2) is 7.28. The van der Waals surface area contributed by atoms with Crippen molar-refractivity contribution >= 4 is 5.91 Å². The number of aromatic nitrogens is 2. The van der Waals surface area contributed by atoms with E-state index in [9.17, 15) is 4.79 Å². The maximum absolute atomic E-state index is 12.1. The Balaban J connectivity index is 1.70. The number of carbonyl (C=O) groups is 1. The topological polar surface area (TPSA) is 58.2 Å². The van der Waals surface area contributed by atoms with Crippen LogP contribution in [-0.2, 0) is 16.0 Å². The van der Waals surface area contributed by atoms with Crippen molar-refractivity contribution in [2.24, 2.45) is 0 Å². The first-order valence-corrected chi connectivity index (χ1v) is 7.16. The number of H-pyrrole nitrogens is 1. The zero-order chi connectivity index (χ0) is 13.5. The number of carbonyl (C=O) groups excluding carboxylic acids is 1. The Bertz CT molecular complexity index is 372. The van der Waals surface area contributed by atoms with Crippen molar-refractivity contribution in [1.82, 2.24) is 15.1 Å². The third kappa shape index (κ3) is 4.35. The molecule has 5 heteroatoms. The Morgan fingerprint density at radius 2 is 2.53 bits per heavy atom. The molecule has 1 saturated heterocycles. The van der Waals surface area contributed by atoms with Crippen molar-refractivity contribution in [2.45, 2.75) is 45.1 Å². The maximum Gasteiger partial charge on any atom is 0.222 e. The van der Waals surface area contributed by atoms with Crippen LogP contribution in [0.1, 0.15) is 38.2 Å². The fourth-order valence-corrected chi connectivity index (χ4v) is 2.46. The monoisotopic (exact) mass is 265 g/mol. The molecule has 0 aromatic carbocycles. The van der Waals surface area contributed by atoms with Crippen LogP contribution >= 0.6 is 0 Å². The number of hydrogen-bond acceptors (Lipinski definition) is 3. The fourth-order valence-electron chi connectivity index (χ4n) is 2.46. The van der Waals surface area contributed by atoms with Crippen molar-refractivity contribution < 1.29 is 9.53 Å². The second-order valence-electron chi connectivity index (χ2n) is 5.03. The van der Waals surface area contributed by atoms with Crippen molar-refractivity contribution in [3.05, 3.63) is 18.0 Å². The van der Waals surface area contributed by atoms with Gasteiger partial charge in [0.05, 0.1) is 12.3 Å². The molecular weight excluding hydrogens is 242 g/mol. The summed E-state index contributed by atoms with van der Waals surface area (Å²) >= 11 is 0. The minimum absolute atomic E-state index is 0.237. The van der Waals surface area contributed by atoms with Crippen LogP contribution in [0.4, 0.5) is 0 Å². The summed E-state index contributed by atoms with van der Waals surface area (Å²) in [4.78, 5) is 14.1. The first kappa shape index (κ1) is 14.1. The van der Waals surface area contributed by atoms with Gasteiger partial charge in [-0.15, -0.1) is 0 Å². The molecule has 0 bridgehead atoms. The largest absolute Gasteiger partial charge is 0.376 e. The molecule has 1 aliphatic heterocycles. The summed E-state index contributed by atoms with van der Waals surface area (Å²) in [5.41, 5.74) is 1.16. The third-order valence-electron chi connectivity index (χ3n) is 3.59. The van der Waals surface area contributed by atoms with E-state index in [1.165, 1.54) is 0 Å². The predicted molar refractivity (Wildman–Crippen MR) is 72.8 cm³/mol. The quantitative estimate of drug-likeness (QED) is 0.817. The SMILES string of the molecule is CCN(C[C@H]1CCCO1)C(=O)CCCc1cn[nH]c1. The predicted octanol–water partition coefficient (Wildman–Crippen LogP) is 1.76. The van der Waals surface area contributed by atoms with Crippen LogP contribution in [-0.4, -0.2) is 46.8 Å². The summed E-state index contributed by atoms with van der Waals surface area (Å²) in [5.74, 6) is 0.237. The number of ether oxygens (including phenoxy) is 1. The smallest absolute Gasteiger partial charge is 0.222 e. The molecule has 0 radical (unpaired) electrons. The van der Waals surface area contributed by atoms with Crippen LogP contribution in [0, 0.1) is 0 Å². The third-order valence-corrected chi connectivity index (χ3v) is 3.59. The number of hydrogen-bond donors (Lipinski definition) is 1. The Kier molecular flexibility index (Phi) is 5.39. The van der Waals surface area contributed by atoms with E-state index < -0.39 is 0 Å². The molecule has 2 rings (SSSR count). The van der Waals surface area contributed by atoms with E-state index in [-0.39, 0.29) is 12.0 Å². The molecule has 1 aromatic rings. The average Bonchev–Trinajstić information content (AvgIpc) is 3.08. The normalized spacial score (nSPS) is 18.7. The molecule has 1 amide bonds. The number of aryl methyl sites for hydroxylation is 1. The Morgan fingerprint density at radius 3 is 3.16 bits per heavy atom. The number of rotatable bonds is 7. The summed E-state index contributed by atoms with van der Waals surface area (Å²) in [6.07, 6.45) is 8.53. The Hall–Kier alpha value is -1.36. The van der Waals surface area contributed by atoms with Crippen LogP contribution in [0.25, 0.3) is 0 Å². The molecule has 0 saturated carbocycles. The van der Waals surface area contributed by atoms with Crippen LogP contribution in [0.2, 0.25) is 0 Å². The average molecular weight is 265 g/mol. The molecule has 5 nitrogen and oxygen atoms in total. The Labute approximate surface area is 114 Å². The molecule has 0 spiro atoms. The highest BCUT2D eigenvalue weighted by molar-refractivity contribution is 5.76. The van der Waals surface area contributed by atoms with Gasteiger partial charge in [-0.25, -0.2) is 0 Å². The Morgan fingerprint density at radius 1 is 1.63 bits per heavy atom. The van der Waals surface area contributed by atoms with Gasteiger partial charge in [0.1, 0.15) is 0 Å². The van der Waals surface area contributed by atoms with Gasteiger partial charge in [0.2, 0.25) is 5.91 Å². The molecule has 1 atom stereocenters. The lowest BCUT2D eigenvalue weighted by atomic mass is 10.1. The van der Waals surface area contributed by atoms with E-state index in [0.29, 0.717) is 6.42 Å². The van der Waals surface area contributed by atoms with E-state index in [1.807, 2.05) is 24.2 Å². The van der Waals surface area contributed by atoms with Crippen molar-refractivity contribution in [1.29, 1.82) is 0 Å².